The van der Waals surface area contributed by atoms with E-state index < -0.39 is 11.4 Å². The first-order valence-corrected chi connectivity index (χ1v) is 11.1. The standard InChI is InChI=1S/C24H32FN5O3/c1-8-32-17-11-12-20(18(25)14-17)30-16(3)21-15(2)26-27-19(22(21)28-30)10-9-13-29(7)23(31)33-24(4,5)6/h11-12,14H,8-10,13H2,1-7H3. The Hall–Kier alpha value is -3.23. The fourth-order valence-electron chi connectivity index (χ4n) is 3.60. The minimum Gasteiger partial charge on any atom is -0.494 e. The fourth-order valence-corrected chi connectivity index (χ4v) is 3.60. The van der Waals surface area contributed by atoms with Crippen molar-refractivity contribution in [1.82, 2.24) is 24.9 Å². The summed E-state index contributed by atoms with van der Waals surface area (Å²) in [7, 11) is 1.71. The molecule has 0 N–H and O–H groups in total. The van der Waals surface area contributed by atoms with Gasteiger partial charge in [-0.1, -0.05) is 0 Å². The smallest absolute Gasteiger partial charge is 0.410 e. The predicted octanol–water partition coefficient (Wildman–Crippen LogP) is 4.77. The van der Waals surface area contributed by atoms with Gasteiger partial charge in [-0.3, -0.25) is 0 Å². The molecule has 2 heterocycles. The zero-order valence-electron chi connectivity index (χ0n) is 20.4. The second-order valence-corrected chi connectivity index (χ2v) is 9.00. The van der Waals surface area contributed by atoms with Crippen LogP contribution in [0.1, 0.15) is 51.2 Å². The average molecular weight is 458 g/mol. The lowest BCUT2D eigenvalue weighted by Crippen LogP contribution is -2.34. The maximum absolute atomic E-state index is 14.8. The lowest BCUT2D eigenvalue weighted by molar-refractivity contribution is 0.0297. The number of halogens is 1. The molecule has 33 heavy (non-hydrogen) atoms. The number of ether oxygens (including phenoxy) is 2. The first-order chi connectivity index (χ1) is 15.5. The lowest BCUT2D eigenvalue weighted by Gasteiger charge is -2.24. The minimum atomic E-state index is -0.541. The molecule has 0 saturated heterocycles. The highest BCUT2D eigenvalue weighted by Crippen LogP contribution is 2.28. The third-order valence-electron chi connectivity index (χ3n) is 5.14. The molecule has 0 aliphatic rings. The summed E-state index contributed by atoms with van der Waals surface area (Å²) in [6.45, 7) is 12.1. The van der Waals surface area contributed by atoms with E-state index in [4.69, 9.17) is 9.47 Å². The Balaban J connectivity index is 1.84. The fraction of sp³-hybridized carbons (Fsp3) is 0.500. The topological polar surface area (TPSA) is 82.4 Å². The number of aryl methyl sites for hydroxylation is 3. The number of carbonyl (C=O) groups is 1. The molecular formula is C24H32FN5O3. The van der Waals surface area contributed by atoms with Gasteiger partial charge in [0.2, 0.25) is 0 Å². The molecule has 0 radical (unpaired) electrons. The maximum Gasteiger partial charge on any atom is 0.410 e. The Morgan fingerprint density at radius 3 is 2.58 bits per heavy atom. The van der Waals surface area contributed by atoms with Crippen molar-refractivity contribution in [2.75, 3.05) is 20.2 Å². The van der Waals surface area contributed by atoms with Gasteiger partial charge in [0.25, 0.3) is 0 Å². The van der Waals surface area contributed by atoms with Gasteiger partial charge in [-0.15, -0.1) is 0 Å². The Labute approximate surface area is 193 Å². The Bertz CT molecular complexity index is 1150. The van der Waals surface area contributed by atoms with Gasteiger partial charge in [-0.05, 0) is 66.5 Å². The van der Waals surface area contributed by atoms with Gasteiger partial charge in [0.1, 0.15) is 22.6 Å². The van der Waals surface area contributed by atoms with Crippen LogP contribution >= 0.6 is 0 Å². The molecule has 0 aliphatic carbocycles. The number of hydrogen-bond acceptors (Lipinski definition) is 6. The van der Waals surface area contributed by atoms with Gasteiger partial charge in [0.05, 0.1) is 23.7 Å². The highest BCUT2D eigenvalue weighted by atomic mass is 19.1. The van der Waals surface area contributed by atoms with E-state index in [9.17, 15) is 9.18 Å². The Morgan fingerprint density at radius 1 is 1.21 bits per heavy atom. The van der Waals surface area contributed by atoms with Crippen LogP contribution in [0.3, 0.4) is 0 Å². The van der Waals surface area contributed by atoms with Crippen LogP contribution in [-0.2, 0) is 11.2 Å². The largest absolute Gasteiger partial charge is 0.494 e. The summed E-state index contributed by atoms with van der Waals surface area (Å²) >= 11 is 0. The molecule has 0 unspecified atom stereocenters. The normalized spacial score (nSPS) is 11.6. The Kier molecular flexibility index (Phi) is 7.19. The number of fused-ring (bicyclic) bond motifs is 1. The lowest BCUT2D eigenvalue weighted by atomic mass is 10.1. The molecule has 0 saturated carbocycles. The quantitative estimate of drug-likeness (QED) is 0.508. The summed E-state index contributed by atoms with van der Waals surface area (Å²) in [6, 6.07) is 4.75. The number of amides is 1. The van der Waals surface area contributed by atoms with E-state index in [1.54, 1.807) is 28.8 Å². The summed E-state index contributed by atoms with van der Waals surface area (Å²) in [5, 5.41) is 14.2. The van der Waals surface area contributed by atoms with Crippen molar-refractivity contribution in [3.63, 3.8) is 0 Å². The molecule has 0 bridgehead atoms. The number of benzene rings is 1. The van der Waals surface area contributed by atoms with Gasteiger partial charge >= 0.3 is 6.09 Å². The van der Waals surface area contributed by atoms with Gasteiger partial charge in [-0.2, -0.15) is 15.3 Å². The van der Waals surface area contributed by atoms with Crippen LogP contribution < -0.4 is 4.74 Å². The minimum absolute atomic E-state index is 0.335. The van der Waals surface area contributed by atoms with Crippen LogP contribution in [0.25, 0.3) is 16.6 Å². The second-order valence-electron chi connectivity index (χ2n) is 9.00. The summed E-state index contributed by atoms with van der Waals surface area (Å²) in [5.74, 6) is 0.0541. The van der Waals surface area contributed by atoms with Crippen LogP contribution in [0.5, 0.6) is 5.75 Å². The Morgan fingerprint density at radius 2 is 1.94 bits per heavy atom. The summed E-state index contributed by atoms with van der Waals surface area (Å²) in [6.07, 6.45) is 0.860. The molecule has 178 valence electrons. The van der Waals surface area contributed by atoms with Crippen LogP contribution in [0.4, 0.5) is 9.18 Å². The predicted molar refractivity (Wildman–Crippen MR) is 124 cm³/mol. The summed E-state index contributed by atoms with van der Waals surface area (Å²) in [5.41, 5.74) is 2.71. The number of aromatic nitrogens is 4. The number of carbonyl (C=O) groups excluding carboxylic acids is 1. The van der Waals surface area contributed by atoms with Crippen molar-refractivity contribution < 1.29 is 18.7 Å². The van der Waals surface area contributed by atoms with Gasteiger partial charge < -0.3 is 14.4 Å². The molecule has 2 aromatic heterocycles. The monoisotopic (exact) mass is 457 g/mol. The maximum atomic E-state index is 14.8. The van der Waals surface area contributed by atoms with E-state index in [1.807, 2.05) is 41.5 Å². The van der Waals surface area contributed by atoms with E-state index in [2.05, 4.69) is 15.3 Å². The zero-order chi connectivity index (χ0) is 24.3. The van der Waals surface area contributed by atoms with E-state index in [-0.39, 0.29) is 6.09 Å². The first kappa shape index (κ1) is 24.4. The number of nitrogens with zero attached hydrogens (tertiary/aromatic N) is 5. The molecule has 0 fully saturated rings. The van der Waals surface area contributed by atoms with Crippen molar-refractivity contribution in [1.29, 1.82) is 0 Å². The van der Waals surface area contributed by atoms with Gasteiger partial charge in [0, 0.05) is 25.0 Å². The SMILES string of the molecule is CCOc1ccc(-n2nc3c(CCCN(C)C(=O)OC(C)(C)C)nnc(C)c3c2C)c(F)c1. The molecule has 1 aromatic carbocycles. The molecule has 3 aromatic rings. The van der Waals surface area contributed by atoms with Crippen LogP contribution in [0.15, 0.2) is 18.2 Å². The number of rotatable bonds is 7. The van der Waals surface area contributed by atoms with Crippen molar-refractivity contribution in [3.05, 3.63) is 41.1 Å². The molecule has 0 aliphatic heterocycles. The first-order valence-electron chi connectivity index (χ1n) is 11.1. The van der Waals surface area contributed by atoms with Crippen LogP contribution in [-0.4, -0.2) is 56.8 Å². The van der Waals surface area contributed by atoms with Crippen molar-refractivity contribution >= 4 is 17.0 Å². The molecule has 0 spiro atoms. The van der Waals surface area contributed by atoms with Crippen molar-refractivity contribution in [2.24, 2.45) is 0 Å². The molecule has 0 atom stereocenters. The van der Waals surface area contributed by atoms with E-state index >= 15 is 0 Å². The highest BCUT2D eigenvalue weighted by Gasteiger charge is 2.21. The van der Waals surface area contributed by atoms with E-state index in [0.29, 0.717) is 48.6 Å². The zero-order valence-corrected chi connectivity index (χ0v) is 20.4. The number of hydrogen-bond donors (Lipinski definition) is 0. The van der Waals surface area contributed by atoms with Gasteiger partial charge in [0.15, 0.2) is 5.82 Å². The van der Waals surface area contributed by atoms with Gasteiger partial charge in [-0.25, -0.2) is 13.9 Å². The van der Waals surface area contributed by atoms with E-state index in [0.717, 1.165) is 16.8 Å². The highest BCUT2D eigenvalue weighted by molar-refractivity contribution is 5.85. The average Bonchev–Trinajstić information content (AvgIpc) is 3.07. The third kappa shape index (κ3) is 5.58. The third-order valence-corrected chi connectivity index (χ3v) is 5.14. The molecule has 1 amide bonds. The van der Waals surface area contributed by atoms with Crippen LogP contribution in [0.2, 0.25) is 0 Å². The summed E-state index contributed by atoms with van der Waals surface area (Å²) in [4.78, 5) is 13.7. The van der Waals surface area contributed by atoms with Crippen molar-refractivity contribution in [2.45, 2.75) is 60.0 Å². The second kappa shape index (κ2) is 9.72. The van der Waals surface area contributed by atoms with Crippen molar-refractivity contribution in [3.8, 4) is 11.4 Å². The molecule has 9 heteroatoms. The molecular weight excluding hydrogens is 425 g/mol. The summed E-state index contributed by atoms with van der Waals surface area (Å²) < 4.78 is 27.2. The van der Waals surface area contributed by atoms with E-state index in [1.165, 1.54) is 6.07 Å². The molecule has 8 nitrogen and oxygen atoms in total. The molecule has 3 rings (SSSR count). The van der Waals surface area contributed by atoms with Crippen LogP contribution in [0, 0.1) is 19.7 Å².